The third-order valence-electron chi connectivity index (χ3n) is 2.44. The number of rotatable bonds is 5. The van der Waals surface area contributed by atoms with E-state index in [4.69, 9.17) is 9.47 Å². The second-order valence-corrected chi connectivity index (χ2v) is 3.87. The number of aromatic nitrogens is 2. The average Bonchev–Trinajstić information content (AvgIpc) is 2.39. The Morgan fingerprint density at radius 3 is 2.63 bits per heavy atom. The van der Waals surface area contributed by atoms with Crippen LogP contribution in [0.15, 0.2) is 35.1 Å². The van der Waals surface area contributed by atoms with Crippen molar-refractivity contribution in [3.63, 3.8) is 0 Å². The Morgan fingerprint density at radius 1 is 1.26 bits per heavy atom. The number of hydrogen-bond acceptors (Lipinski definition) is 5. The first-order valence-electron chi connectivity index (χ1n) is 5.71. The van der Waals surface area contributed by atoms with Crippen LogP contribution >= 0.6 is 0 Å². The van der Waals surface area contributed by atoms with Crippen LogP contribution in [0, 0.1) is 0 Å². The minimum absolute atomic E-state index is 0.224. The van der Waals surface area contributed by atoms with Crippen LogP contribution in [0.4, 0.5) is 11.6 Å². The largest absolute Gasteiger partial charge is 0.497 e. The molecule has 0 radical (unpaired) electrons. The quantitative estimate of drug-likeness (QED) is 0.856. The topological polar surface area (TPSA) is 76.2 Å². The molecular formula is C13H15N3O3. The van der Waals surface area contributed by atoms with E-state index in [9.17, 15) is 4.79 Å². The minimum Gasteiger partial charge on any atom is -0.497 e. The van der Waals surface area contributed by atoms with Crippen LogP contribution < -0.4 is 15.6 Å². The summed E-state index contributed by atoms with van der Waals surface area (Å²) in [6.07, 6.45) is 0. The van der Waals surface area contributed by atoms with Crippen molar-refractivity contribution in [2.24, 2.45) is 0 Å². The van der Waals surface area contributed by atoms with Gasteiger partial charge in [0.05, 0.1) is 19.4 Å². The summed E-state index contributed by atoms with van der Waals surface area (Å²) in [5, 5.41) is 3.02. The maximum Gasteiger partial charge on any atom is 0.252 e. The van der Waals surface area contributed by atoms with Crippen molar-refractivity contribution in [2.75, 3.05) is 19.5 Å². The molecule has 6 heteroatoms. The van der Waals surface area contributed by atoms with Gasteiger partial charge >= 0.3 is 0 Å². The first kappa shape index (κ1) is 13.1. The smallest absolute Gasteiger partial charge is 0.252 e. The van der Waals surface area contributed by atoms with Gasteiger partial charge in [-0.2, -0.15) is 0 Å². The molecule has 6 nitrogen and oxygen atoms in total. The summed E-state index contributed by atoms with van der Waals surface area (Å²) in [4.78, 5) is 18.3. The van der Waals surface area contributed by atoms with Gasteiger partial charge in [-0.3, -0.25) is 9.78 Å². The molecule has 0 bridgehead atoms. The predicted molar refractivity (Wildman–Crippen MR) is 71.8 cm³/mol. The van der Waals surface area contributed by atoms with Gasteiger partial charge in [0.15, 0.2) is 0 Å². The van der Waals surface area contributed by atoms with Crippen molar-refractivity contribution in [1.29, 1.82) is 0 Å². The standard InChI is InChI=1S/C13H15N3O3/c1-18-8-10-7-12(17)16-13(15-10)14-9-3-5-11(19-2)6-4-9/h3-7H,8H2,1-2H3,(H2,14,15,16,17). The Balaban J connectivity index is 2.19. The Morgan fingerprint density at radius 2 is 2.00 bits per heavy atom. The molecule has 100 valence electrons. The van der Waals surface area contributed by atoms with Crippen molar-refractivity contribution in [2.45, 2.75) is 6.61 Å². The molecule has 0 unspecified atom stereocenters. The van der Waals surface area contributed by atoms with Crippen LogP contribution in [0.5, 0.6) is 5.75 Å². The summed E-state index contributed by atoms with van der Waals surface area (Å²) in [5.74, 6) is 1.14. The molecule has 1 aromatic heterocycles. The molecule has 0 saturated heterocycles. The molecule has 0 saturated carbocycles. The number of ether oxygens (including phenoxy) is 2. The van der Waals surface area contributed by atoms with Crippen LogP contribution in [0.25, 0.3) is 0 Å². The summed E-state index contributed by atoms with van der Waals surface area (Å²) in [6.45, 7) is 0.293. The van der Waals surface area contributed by atoms with E-state index in [1.165, 1.54) is 6.07 Å². The number of benzene rings is 1. The van der Waals surface area contributed by atoms with E-state index in [1.807, 2.05) is 24.3 Å². The minimum atomic E-state index is -0.224. The molecule has 0 atom stereocenters. The Kier molecular flexibility index (Phi) is 4.15. The highest BCUT2D eigenvalue weighted by Crippen LogP contribution is 2.17. The third-order valence-corrected chi connectivity index (χ3v) is 2.44. The zero-order valence-electron chi connectivity index (χ0n) is 10.8. The highest BCUT2D eigenvalue weighted by atomic mass is 16.5. The van der Waals surface area contributed by atoms with Gasteiger partial charge in [-0.05, 0) is 24.3 Å². The van der Waals surface area contributed by atoms with E-state index in [-0.39, 0.29) is 5.56 Å². The van der Waals surface area contributed by atoms with E-state index in [1.54, 1.807) is 14.2 Å². The molecule has 1 aromatic carbocycles. The number of nitrogens with one attached hydrogen (secondary N) is 2. The summed E-state index contributed by atoms with van der Waals surface area (Å²) >= 11 is 0. The van der Waals surface area contributed by atoms with E-state index < -0.39 is 0 Å². The maximum atomic E-state index is 11.5. The van der Waals surface area contributed by atoms with Gasteiger partial charge < -0.3 is 14.8 Å². The van der Waals surface area contributed by atoms with Crippen molar-refractivity contribution in [3.8, 4) is 5.75 Å². The molecule has 0 aliphatic heterocycles. The van der Waals surface area contributed by atoms with Crippen LogP contribution in [-0.2, 0) is 11.3 Å². The van der Waals surface area contributed by atoms with E-state index >= 15 is 0 Å². The van der Waals surface area contributed by atoms with Crippen molar-refractivity contribution >= 4 is 11.6 Å². The lowest BCUT2D eigenvalue weighted by Gasteiger charge is -2.07. The van der Waals surface area contributed by atoms with Gasteiger partial charge in [0.2, 0.25) is 5.95 Å². The van der Waals surface area contributed by atoms with Gasteiger partial charge in [0, 0.05) is 18.9 Å². The molecule has 0 fully saturated rings. The van der Waals surface area contributed by atoms with Crippen LogP contribution in [0.2, 0.25) is 0 Å². The highest BCUT2D eigenvalue weighted by molar-refractivity contribution is 5.54. The van der Waals surface area contributed by atoms with E-state index in [0.717, 1.165) is 11.4 Å². The van der Waals surface area contributed by atoms with Crippen molar-refractivity contribution < 1.29 is 9.47 Å². The lowest BCUT2D eigenvalue weighted by molar-refractivity contribution is 0.181. The van der Waals surface area contributed by atoms with Gasteiger partial charge in [-0.25, -0.2) is 4.98 Å². The van der Waals surface area contributed by atoms with Gasteiger partial charge in [0.1, 0.15) is 5.75 Å². The number of aromatic amines is 1. The van der Waals surface area contributed by atoms with Crippen LogP contribution in [0.3, 0.4) is 0 Å². The monoisotopic (exact) mass is 261 g/mol. The summed E-state index contributed by atoms with van der Waals surface area (Å²) < 4.78 is 10.0. The zero-order chi connectivity index (χ0) is 13.7. The van der Waals surface area contributed by atoms with Gasteiger partial charge in [-0.1, -0.05) is 0 Å². The van der Waals surface area contributed by atoms with E-state index in [2.05, 4.69) is 15.3 Å². The second kappa shape index (κ2) is 6.01. The summed E-state index contributed by atoms with van der Waals surface area (Å²) in [6, 6.07) is 8.71. The fraction of sp³-hybridized carbons (Fsp3) is 0.231. The fourth-order valence-electron chi connectivity index (χ4n) is 1.60. The molecule has 0 aliphatic rings. The summed E-state index contributed by atoms with van der Waals surface area (Å²) in [5.41, 5.74) is 1.15. The molecule has 0 spiro atoms. The molecule has 2 rings (SSSR count). The van der Waals surface area contributed by atoms with Gasteiger partial charge in [-0.15, -0.1) is 0 Å². The molecule has 2 N–H and O–H groups in total. The lowest BCUT2D eigenvalue weighted by Crippen LogP contribution is -2.12. The van der Waals surface area contributed by atoms with Crippen LogP contribution in [0.1, 0.15) is 5.69 Å². The Labute approximate surface area is 110 Å². The molecule has 0 amide bonds. The molecule has 19 heavy (non-hydrogen) atoms. The van der Waals surface area contributed by atoms with E-state index in [0.29, 0.717) is 18.2 Å². The van der Waals surface area contributed by atoms with Crippen molar-refractivity contribution in [3.05, 3.63) is 46.4 Å². The first-order valence-corrected chi connectivity index (χ1v) is 5.71. The van der Waals surface area contributed by atoms with Crippen molar-refractivity contribution in [1.82, 2.24) is 9.97 Å². The molecule has 2 aromatic rings. The van der Waals surface area contributed by atoms with Gasteiger partial charge in [0.25, 0.3) is 5.56 Å². The third kappa shape index (κ3) is 3.56. The number of nitrogens with zero attached hydrogens (tertiary/aromatic N) is 1. The highest BCUT2D eigenvalue weighted by Gasteiger charge is 2.02. The normalized spacial score (nSPS) is 10.2. The second-order valence-electron chi connectivity index (χ2n) is 3.87. The number of H-pyrrole nitrogens is 1. The van der Waals surface area contributed by atoms with Crippen LogP contribution in [-0.4, -0.2) is 24.2 Å². The fourth-order valence-corrected chi connectivity index (χ4v) is 1.60. The average molecular weight is 261 g/mol. The molecule has 1 heterocycles. The first-order chi connectivity index (χ1) is 9.21. The molecular weight excluding hydrogens is 246 g/mol. The molecule has 0 aliphatic carbocycles. The maximum absolute atomic E-state index is 11.5. The summed E-state index contributed by atoms with van der Waals surface area (Å²) in [7, 11) is 3.16. The Hall–Kier alpha value is -2.34. The lowest BCUT2D eigenvalue weighted by atomic mass is 10.3. The Bertz CT molecular complexity index is 593. The SMILES string of the molecule is COCc1cc(=O)[nH]c(Nc2ccc(OC)cc2)n1. The zero-order valence-corrected chi connectivity index (χ0v) is 10.8. The number of anilines is 2. The number of hydrogen-bond donors (Lipinski definition) is 2. The number of methoxy groups -OCH3 is 2. The predicted octanol–water partition coefficient (Wildman–Crippen LogP) is 1.67.